The van der Waals surface area contributed by atoms with E-state index in [0.717, 1.165) is 28.4 Å². The zero-order chi connectivity index (χ0) is 39.6. The number of nitrogens with zero attached hydrogens (tertiary/aromatic N) is 3. The Bertz CT molecular complexity index is 3410. The van der Waals surface area contributed by atoms with Gasteiger partial charge < -0.3 is 14.0 Å². The van der Waals surface area contributed by atoms with Crippen molar-refractivity contribution in [1.29, 1.82) is 0 Å². The van der Waals surface area contributed by atoms with Crippen LogP contribution in [0.4, 0.5) is 17.1 Å². The van der Waals surface area contributed by atoms with Crippen LogP contribution >= 0.6 is 11.3 Å². The van der Waals surface area contributed by atoms with Crippen molar-refractivity contribution in [3.05, 3.63) is 225 Å². The minimum absolute atomic E-state index is 1.09. The highest BCUT2D eigenvalue weighted by Crippen LogP contribution is 2.44. The second-order valence-corrected chi connectivity index (χ2v) is 16.5. The number of fused-ring (bicyclic) bond motifs is 8. The molecule has 0 bridgehead atoms. The number of hydrogen-bond acceptors (Lipinski definition) is 2. The van der Waals surface area contributed by atoms with Gasteiger partial charge in [-0.1, -0.05) is 127 Å². The maximum absolute atomic E-state index is 2.49. The first-order valence-corrected chi connectivity index (χ1v) is 21.2. The van der Waals surface area contributed by atoms with Crippen LogP contribution < -0.4 is 4.90 Å². The molecule has 0 radical (unpaired) electrons. The minimum atomic E-state index is 1.09. The molecule has 0 amide bonds. The Kier molecular flexibility index (Phi) is 8.03. The summed E-state index contributed by atoms with van der Waals surface area (Å²) in [6, 6.07) is 79.3. The quantitative estimate of drug-likeness (QED) is 0.157. The molecular weight excluding hydrogens is 747 g/mol. The lowest BCUT2D eigenvalue weighted by Gasteiger charge is -2.26. The monoisotopic (exact) mass is 783 g/mol. The van der Waals surface area contributed by atoms with Crippen molar-refractivity contribution in [3.63, 3.8) is 0 Å². The van der Waals surface area contributed by atoms with Crippen LogP contribution in [0.2, 0.25) is 0 Å². The van der Waals surface area contributed by atoms with Gasteiger partial charge in [0.15, 0.2) is 0 Å². The molecule has 0 fully saturated rings. The van der Waals surface area contributed by atoms with Gasteiger partial charge in [0.05, 0.1) is 16.6 Å². The van der Waals surface area contributed by atoms with Crippen molar-refractivity contribution in [1.82, 2.24) is 9.13 Å². The summed E-state index contributed by atoms with van der Waals surface area (Å²) < 4.78 is 7.41. The SMILES string of the molecule is c1ccc(-c2ccc(N(c3ccc(-c4ccccc4)cc3)c3ccc(-n4c5cc6sc7ccccc7c6cc5c5ccc6c(ccn6-c6ccccc6)c54)cc3)cc2)cc1. The van der Waals surface area contributed by atoms with Crippen molar-refractivity contribution in [3.8, 4) is 33.6 Å². The molecular formula is C56H37N3S. The Morgan fingerprint density at radius 1 is 0.333 bits per heavy atom. The zero-order valence-electron chi connectivity index (χ0n) is 32.6. The summed E-state index contributed by atoms with van der Waals surface area (Å²) in [5.41, 5.74) is 14.0. The molecule has 12 rings (SSSR count). The number of benzene rings is 9. The smallest absolute Gasteiger partial charge is 0.0635 e. The van der Waals surface area contributed by atoms with Crippen molar-refractivity contribution in [2.24, 2.45) is 0 Å². The topological polar surface area (TPSA) is 13.1 Å². The van der Waals surface area contributed by atoms with Gasteiger partial charge in [-0.15, -0.1) is 11.3 Å². The summed E-state index contributed by atoms with van der Waals surface area (Å²) in [7, 11) is 0. The fourth-order valence-corrected chi connectivity index (χ4v) is 10.2. The highest BCUT2D eigenvalue weighted by molar-refractivity contribution is 7.25. The van der Waals surface area contributed by atoms with Crippen LogP contribution in [0, 0.1) is 0 Å². The Labute approximate surface area is 351 Å². The lowest BCUT2D eigenvalue weighted by atomic mass is 10.0. The molecule has 0 unspecified atom stereocenters. The fourth-order valence-electron chi connectivity index (χ4n) is 9.09. The molecule has 3 heterocycles. The molecule has 0 spiro atoms. The largest absolute Gasteiger partial charge is 0.316 e. The summed E-state index contributed by atoms with van der Waals surface area (Å²) >= 11 is 1.87. The van der Waals surface area contributed by atoms with Crippen LogP contribution in [0.1, 0.15) is 0 Å². The van der Waals surface area contributed by atoms with Gasteiger partial charge in [0, 0.05) is 71.0 Å². The van der Waals surface area contributed by atoms with E-state index >= 15 is 0 Å². The highest BCUT2D eigenvalue weighted by Gasteiger charge is 2.20. The zero-order valence-corrected chi connectivity index (χ0v) is 33.4. The van der Waals surface area contributed by atoms with Gasteiger partial charge in [-0.25, -0.2) is 0 Å². The van der Waals surface area contributed by atoms with Crippen LogP contribution in [0.3, 0.4) is 0 Å². The Morgan fingerprint density at radius 2 is 0.883 bits per heavy atom. The van der Waals surface area contributed by atoms with Gasteiger partial charge in [-0.2, -0.15) is 0 Å². The predicted octanol–water partition coefficient (Wildman–Crippen LogP) is 15.9. The first-order chi connectivity index (χ1) is 29.7. The number of para-hydroxylation sites is 1. The van der Waals surface area contributed by atoms with Crippen molar-refractivity contribution < 1.29 is 0 Å². The van der Waals surface area contributed by atoms with Crippen LogP contribution in [-0.4, -0.2) is 9.13 Å². The normalized spacial score (nSPS) is 11.7. The summed E-state index contributed by atoms with van der Waals surface area (Å²) in [4.78, 5) is 2.36. The van der Waals surface area contributed by atoms with E-state index in [1.54, 1.807) is 0 Å². The molecule has 0 atom stereocenters. The van der Waals surface area contributed by atoms with Crippen LogP contribution in [0.25, 0.3) is 86.5 Å². The van der Waals surface area contributed by atoms with E-state index in [-0.39, 0.29) is 0 Å². The molecule has 3 aromatic heterocycles. The third-order valence-corrected chi connectivity index (χ3v) is 13.1. The third kappa shape index (κ3) is 5.65. The molecule has 60 heavy (non-hydrogen) atoms. The molecule has 9 aromatic carbocycles. The first-order valence-electron chi connectivity index (χ1n) is 20.4. The average molecular weight is 784 g/mol. The number of aromatic nitrogens is 2. The van der Waals surface area contributed by atoms with Crippen molar-refractivity contribution in [2.45, 2.75) is 0 Å². The summed E-state index contributed by atoms with van der Waals surface area (Å²) in [5, 5.41) is 6.37. The standard InChI is InChI=1S/C56H37N3S/c1-4-12-38(13-5-1)40-20-24-43(25-21-40)58(44-26-22-41(23-27-44)39-14-6-2-7-15-39)45-28-30-46(31-29-45)59-53-37-55-51(47-18-10-11-19-54(47)60-55)36-50(53)48-32-33-52-49(56(48)59)34-35-57(52)42-16-8-3-9-17-42/h1-37H. The van der Waals surface area contributed by atoms with Crippen LogP contribution in [0.15, 0.2) is 225 Å². The number of anilines is 3. The van der Waals surface area contributed by atoms with Gasteiger partial charge in [-0.3, -0.25) is 0 Å². The lowest BCUT2D eigenvalue weighted by molar-refractivity contribution is 1.13. The molecule has 4 heteroatoms. The van der Waals surface area contributed by atoms with E-state index in [1.807, 2.05) is 11.3 Å². The molecule has 0 saturated heterocycles. The number of hydrogen-bond donors (Lipinski definition) is 0. The molecule has 282 valence electrons. The molecule has 0 aliphatic rings. The van der Waals surface area contributed by atoms with Crippen molar-refractivity contribution >= 4 is 81.3 Å². The minimum Gasteiger partial charge on any atom is -0.316 e. The van der Waals surface area contributed by atoms with E-state index in [4.69, 9.17) is 0 Å². The second-order valence-electron chi connectivity index (χ2n) is 15.4. The van der Waals surface area contributed by atoms with Crippen molar-refractivity contribution in [2.75, 3.05) is 4.90 Å². The van der Waals surface area contributed by atoms with Gasteiger partial charge in [0.2, 0.25) is 0 Å². The van der Waals surface area contributed by atoms with Crippen LogP contribution in [0.5, 0.6) is 0 Å². The lowest BCUT2D eigenvalue weighted by Crippen LogP contribution is -2.10. The Morgan fingerprint density at radius 3 is 1.52 bits per heavy atom. The van der Waals surface area contributed by atoms with E-state index in [2.05, 4.69) is 239 Å². The number of rotatable bonds is 7. The molecule has 0 saturated carbocycles. The van der Waals surface area contributed by atoms with Gasteiger partial charge >= 0.3 is 0 Å². The summed E-state index contributed by atoms with van der Waals surface area (Å²) in [5.74, 6) is 0. The number of thiophene rings is 1. The highest BCUT2D eigenvalue weighted by atomic mass is 32.1. The van der Waals surface area contributed by atoms with Gasteiger partial charge in [-0.05, 0) is 113 Å². The van der Waals surface area contributed by atoms with E-state index in [0.29, 0.717) is 0 Å². The Hall–Kier alpha value is -7.66. The van der Waals surface area contributed by atoms with Gasteiger partial charge in [0.1, 0.15) is 0 Å². The van der Waals surface area contributed by atoms with Gasteiger partial charge in [0.25, 0.3) is 0 Å². The van der Waals surface area contributed by atoms with E-state index in [9.17, 15) is 0 Å². The molecule has 12 aromatic rings. The first kappa shape index (κ1) is 34.4. The molecule has 0 N–H and O–H groups in total. The average Bonchev–Trinajstić information content (AvgIpc) is 4.02. The van der Waals surface area contributed by atoms with E-state index < -0.39 is 0 Å². The third-order valence-electron chi connectivity index (χ3n) is 12.0. The fraction of sp³-hybridized carbons (Fsp3) is 0. The molecule has 0 aliphatic carbocycles. The summed E-state index contributed by atoms with van der Waals surface area (Å²) in [6.07, 6.45) is 2.21. The maximum Gasteiger partial charge on any atom is 0.0635 e. The molecule has 0 aliphatic heterocycles. The van der Waals surface area contributed by atoms with Crippen LogP contribution in [-0.2, 0) is 0 Å². The summed E-state index contributed by atoms with van der Waals surface area (Å²) in [6.45, 7) is 0. The maximum atomic E-state index is 2.49. The van der Waals surface area contributed by atoms with E-state index in [1.165, 1.54) is 75.1 Å². The molecule has 3 nitrogen and oxygen atoms in total. The Balaban J connectivity index is 1.04. The predicted molar refractivity (Wildman–Crippen MR) is 256 cm³/mol. The second kappa shape index (κ2) is 14.0.